The lowest BCUT2D eigenvalue weighted by atomic mass is 9.93. The van der Waals surface area contributed by atoms with E-state index in [-0.39, 0.29) is 0 Å². The van der Waals surface area contributed by atoms with Gasteiger partial charge in [-0.05, 0) is 128 Å². The molecule has 0 aliphatic rings. The second-order valence-electron chi connectivity index (χ2n) is 29.1. The van der Waals surface area contributed by atoms with Crippen LogP contribution in [-0.2, 0) is 0 Å². The van der Waals surface area contributed by atoms with Crippen LogP contribution >= 0.6 is 0 Å². The van der Waals surface area contributed by atoms with E-state index >= 15 is 0 Å². The maximum atomic E-state index is 6.17. The van der Waals surface area contributed by atoms with E-state index in [1.165, 1.54) is 5.56 Å². The molecule has 0 saturated heterocycles. The minimum absolute atomic E-state index is 0.723. The van der Waals surface area contributed by atoms with Crippen molar-refractivity contribution in [3.05, 3.63) is 413 Å². The summed E-state index contributed by atoms with van der Waals surface area (Å²) in [4.78, 5) is 30.4. The smallest absolute Gasteiger partial charge is 0.159 e. The van der Waals surface area contributed by atoms with Crippen molar-refractivity contribution in [2.45, 2.75) is 0 Å². The van der Waals surface area contributed by atoms with Gasteiger partial charge in [-0.25, -0.2) is 29.9 Å². The molecule has 0 aliphatic heterocycles. The fourth-order valence-electron chi connectivity index (χ4n) is 16.3. The molecule has 117 heavy (non-hydrogen) atoms. The average molecular weight is 1500 g/mol. The largest absolute Gasteiger partial charge is 0.456 e. The maximum Gasteiger partial charge on any atom is 0.159 e. The van der Waals surface area contributed by atoms with E-state index in [0.717, 1.165) is 216 Å². The minimum atomic E-state index is 0.723. The van der Waals surface area contributed by atoms with Crippen molar-refractivity contribution in [2.24, 2.45) is 0 Å². The lowest BCUT2D eigenvalue weighted by molar-refractivity contribution is 0.668. The molecule has 0 atom stereocenters. The van der Waals surface area contributed by atoms with E-state index in [4.69, 9.17) is 43.2 Å². The molecular formula is C108H68N6O3. The first kappa shape index (κ1) is 69.1. The van der Waals surface area contributed by atoms with Gasteiger partial charge in [0.2, 0.25) is 0 Å². The van der Waals surface area contributed by atoms with Crippen molar-refractivity contribution >= 4 is 98.8 Å². The van der Waals surface area contributed by atoms with Crippen LogP contribution in [-0.4, -0.2) is 29.9 Å². The first-order valence-corrected chi connectivity index (χ1v) is 39.2. The molecule has 6 aromatic heterocycles. The lowest BCUT2D eigenvalue weighted by Crippen LogP contribution is -1.97. The van der Waals surface area contributed by atoms with Crippen LogP contribution in [0.1, 0.15) is 0 Å². The molecule has 23 aromatic rings. The zero-order valence-corrected chi connectivity index (χ0v) is 63.2. The number of fused-ring (bicyclic) bond motifs is 12. The Labute approximate surface area is 673 Å². The van der Waals surface area contributed by atoms with Gasteiger partial charge >= 0.3 is 0 Å². The molecule has 17 aromatic carbocycles. The number of nitrogens with zero attached hydrogens (tertiary/aromatic N) is 6. The molecular weight excluding hydrogens is 1430 g/mol. The van der Waals surface area contributed by atoms with E-state index in [9.17, 15) is 0 Å². The Balaban J connectivity index is 0.000000110. The van der Waals surface area contributed by atoms with Gasteiger partial charge in [-0.3, -0.25) is 0 Å². The van der Waals surface area contributed by atoms with Crippen LogP contribution in [0.15, 0.2) is 426 Å². The monoisotopic (exact) mass is 1500 g/mol. The van der Waals surface area contributed by atoms with Gasteiger partial charge in [-0.1, -0.05) is 340 Å². The third kappa shape index (κ3) is 13.1. The van der Waals surface area contributed by atoms with Crippen LogP contribution in [0.5, 0.6) is 0 Å². The number of hydrogen-bond acceptors (Lipinski definition) is 9. The third-order valence-corrected chi connectivity index (χ3v) is 21.9. The van der Waals surface area contributed by atoms with Crippen molar-refractivity contribution in [3.8, 4) is 123 Å². The lowest BCUT2D eigenvalue weighted by Gasteiger charge is -2.13. The second kappa shape index (κ2) is 30.0. The topological polar surface area (TPSA) is 117 Å². The fraction of sp³-hybridized carbons (Fsp3) is 0. The summed E-state index contributed by atoms with van der Waals surface area (Å²) >= 11 is 0. The van der Waals surface area contributed by atoms with E-state index in [1.54, 1.807) is 0 Å². The van der Waals surface area contributed by atoms with Crippen molar-refractivity contribution in [3.63, 3.8) is 0 Å². The number of hydrogen-bond donors (Lipinski definition) is 0. The third-order valence-electron chi connectivity index (χ3n) is 21.9. The van der Waals surface area contributed by atoms with Gasteiger partial charge in [0.1, 0.15) is 33.5 Å². The molecule has 0 radical (unpaired) electrons. The van der Waals surface area contributed by atoms with E-state index in [2.05, 4.69) is 237 Å². The summed E-state index contributed by atoms with van der Waals surface area (Å²) in [5, 5.41) is 7.84. The molecule has 0 aliphatic carbocycles. The van der Waals surface area contributed by atoms with Gasteiger partial charge in [0.25, 0.3) is 0 Å². The molecule has 548 valence electrons. The highest BCUT2D eigenvalue weighted by Crippen LogP contribution is 2.44. The number of aromatic nitrogens is 6. The molecule has 0 saturated carbocycles. The number of rotatable bonds is 11. The zero-order chi connectivity index (χ0) is 77.5. The SMILES string of the molecule is c1ccc(-c2nc3ccc(-c4ccc(-c5cccc6oc7ccccc7c56)cc4)cc3nc2-c2ccccc2)cc1.c1ccc(-c2nc3cccc(-c4ccc(-c5cccc6oc7ccccc7c56)cc4)c3nc2-c2ccccc2)cc1.c1ccc(-c2ncc3c(-c4ccccc4)cc(-c4cccc5oc6ccccc6c45)cc3n2)cc1. The Morgan fingerprint density at radius 1 is 0.171 bits per heavy atom. The summed E-state index contributed by atoms with van der Waals surface area (Å²) in [5.41, 5.74) is 32.1. The number of para-hydroxylation sites is 4. The van der Waals surface area contributed by atoms with Crippen molar-refractivity contribution in [1.29, 1.82) is 0 Å². The first-order valence-electron chi connectivity index (χ1n) is 39.2. The van der Waals surface area contributed by atoms with Crippen LogP contribution in [0, 0.1) is 0 Å². The van der Waals surface area contributed by atoms with Crippen LogP contribution in [0.4, 0.5) is 0 Å². The molecule has 0 fully saturated rings. The Hall–Kier alpha value is -15.8. The highest BCUT2D eigenvalue weighted by Gasteiger charge is 2.22. The summed E-state index contributed by atoms with van der Waals surface area (Å²) in [6.45, 7) is 0. The maximum absolute atomic E-state index is 6.17. The summed E-state index contributed by atoms with van der Waals surface area (Å²) in [5.74, 6) is 0.723. The zero-order valence-electron chi connectivity index (χ0n) is 63.2. The Kier molecular flexibility index (Phi) is 17.7. The van der Waals surface area contributed by atoms with Gasteiger partial charge in [-0.15, -0.1) is 0 Å². The average Bonchev–Trinajstić information content (AvgIpc) is 1.74. The standard InChI is InChI=1S/2C38H24N2O.C32H20N2O/c1-3-11-27(12-4-1)36-37(28-13-5-2-6-14-28)40-38-30(17-9-18-32(38)39-36)26-23-21-25(22-24-26)29-16-10-20-34-35(29)31-15-7-8-19-33(31)41-34;1-3-10-27(11-4-1)37-38(28-12-5-2-6-13-28)40-33-24-29(22-23-32(33)39-37)25-18-20-26(21-19-25)30-15-9-17-35-36(30)31-14-7-8-16-34(31)41-35;1-3-10-21(11-4-1)26-18-23(19-28-27(26)20-33-32(34-28)22-12-5-2-6-13-22)24-15-9-17-30-31(24)25-14-7-8-16-29(25)35-30/h2*1-24H;1-20H. The molecule has 9 heteroatoms. The molecule has 6 heterocycles. The second-order valence-corrected chi connectivity index (χ2v) is 29.1. The van der Waals surface area contributed by atoms with Gasteiger partial charge in [0.05, 0.1) is 50.4 Å². The highest BCUT2D eigenvalue weighted by molar-refractivity contribution is 6.16. The minimum Gasteiger partial charge on any atom is -0.456 e. The molecule has 0 bridgehead atoms. The summed E-state index contributed by atoms with van der Waals surface area (Å²) in [6, 6.07) is 140. The Morgan fingerprint density at radius 2 is 0.504 bits per heavy atom. The van der Waals surface area contributed by atoms with Gasteiger partial charge < -0.3 is 13.3 Å². The molecule has 0 unspecified atom stereocenters. The van der Waals surface area contributed by atoms with E-state index in [1.807, 2.05) is 176 Å². The van der Waals surface area contributed by atoms with Crippen LogP contribution in [0.3, 0.4) is 0 Å². The van der Waals surface area contributed by atoms with Crippen LogP contribution < -0.4 is 0 Å². The van der Waals surface area contributed by atoms with Crippen LogP contribution in [0.25, 0.3) is 222 Å². The summed E-state index contributed by atoms with van der Waals surface area (Å²) in [7, 11) is 0. The van der Waals surface area contributed by atoms with Crippen LogP contribution in [0.2, 0.25) is 0 Å². The quantitative estimate of drug-likeness (QED) is 0.125. The van der Waals surface area contributed by atoms with Gasteiger partial charge in [0.15, 0.2) is 5.82 Å². The molecule has 9 nitrogen and oxygen atoms in total. The summed E-state index contributed by atoms with van der Waals surface area (Å²) in [6.07, 6.45) is 1.95. The molecule has 0 N–H and O–H groups in total. The molecule has 0 amide bonds. The number of furan rings is 3. The van der Waals surface area contributed by atoms with Crippen molar-refractivity contribution in [1.82, 2.24) is 29.9 Å². The fourth-order valence-corrected chi connectivity index (χ4v) is 16.3. The predicted molar refractivity (Wildman–Crippen MR) is 480 cm³/mol. The highest BCUT2D eigenvalue weighted by atomic mass is 16.3. The van der Waals surface area contributed by atoms with Gasteiger partial charge in [0, 0.05) is 77.3 Å². The summed E-state index contributed by atoms with van der Waals surface area (Å²) < 4.78 is 18.4. The molecule has 23 rings (SSSR count). The first-order chi connectivity index (χ1) is 58.0. The Morgan fingerprint density at radius 3 is 0.974 bits per heavy atom. The van der Waals surface area contributed by atoms with Gasteiger partial charge in [-0.2, -0.15) is 0 Å². The van der Waals surface area contributed by atoms with E-state index < -0.39 is 0 Å². The van der Waals surface area contributed by atoms with E-state index in [0.29, 0.717) is 0 Å². The van der Waals surface area contributed by atoms with Crippen molar-refractivity contribution in [2.75, 3.05) is 0 Å². The Bertz CT molecular complexity index is 7600. The normalized spacial score (nSPS) is 11.4. The molecule has 0 spiro atoms. The number of benzene rings is 17. The predicted octanol–water partition coefficient (Wildman–Crippen LogP) is 28.9. The van der Waals surface area contributed by atoms with Crippen molar-refractivity contribution < 1.29 is 13.3 Å².